The summed E-state index contributed by atoms with van der Waals surface area (Å²) in [5.41, 5.74) is 0. The van der Waals surface area contributed by atoms with E-state index in [1.165, 1.54) is 70.5 Å². The number of hydrogen-bond donors (Lipinski definition) is 0. The number of carbonyl (C=O) groups excluding carboxylic acids is 2. The van der Waals surface area contributed by atoms with Gasteiger partial charge in [-0.1, -0.05) is 90.9 Å². The topological polar surface area (TPSA) is 52.6 Å². The van der Waals surface area contributed by atoms with Gasteiger partial charge in [-0.3, -0.25) is 9.59 Å². The molecule has 0 fully saturated rings. The molecule has 4 nitrogen and oxygen atoms in total. The Morgan fingerprint density at radius 3 is 1.59 bits per heavy atom. The van der Waals surface area contributed by atoms with Gasteiger partial charge < -0.3 is 9.47 Å². The molecule has 0 aliphatic heterocycles. The molecule has 0 atom stereocenters. The van der Waals surface area contributed by atoms with Crippen molar-refractivity contribution in [1.29, 1.82) is 0 Å². The summed E-state index contributed by atoms with van der Waals surface area (Å²) in [6.45, 7) is 4.59. The largest absolute Gasteiger partial charge is 0.461 e. The fourth-order valence-corrected chi connectivity index (χ4v) is 2.89. The maximum Gasteiger partial charge on any atom is 0.310 e. The molecule has 0 radical (unpaired) electrons. The smallest absolute Gasteiger partial charge is 0.310 e. The van der Waals surface area contributed by atoms with Gasteiger partial charge in [0.1, 0.15) is 6.61 Å². The Balaban J connectivity index is 3.41. The summed E-state index contributed by atoms with van der Waals surface area (Å²) in [6.07, 6.45) is 20.4. The van der Waals surface area contributed by atoms with E-state index in [9.17, 15) is 9.59 Å². The maximum atomic E-state index is 11.6. The molecular weight excluding hydrogens is 340 g/mol. The quantitative estimate of drug-likeness (QED) is 0.139. The van der Waals surface area contributed by atoms with Gasteiger partial charge in [0, 0.05) is 12.8 Å². The van der Waals surface area contributed by atoms with Crippen molar-refractivity contribution in [3.05, 3.63) is 12.3 Å². The zero-order valence-corrected chi connectivity index (χ0v) is 17.8. The summed E-state index contributed by atoms with van der Waals surface area (Å²) < 4.78 is 10.1. The summed E-state index contributed by atoms with van der Waals surface area (Å²) in [7, 11) is 0. The van der Waals surface area contributed by atoms with Crippen LogP contribution in [0.1, 0.15) is 117 Å². The molecule has 0 N–H and O–H groups in total. The van der Waals surface area contributed by atoms with Crippen molar-refractivity contribution < 1.29 is 19.1 Å². The highest BCUT2D eigenvalue weighted by Gasteiger charge is 2.02. The number of esters is 2. The first-order valence-electron chi connectivity index (χ1n) is 11.2. The van der Waals surface area contributed by atoms with Crippen LogP contribution in [0, 0.1) is 0 Å². The van der Waals surface area contributed by atoms with Gasteiger partial charge in [-0.15, -0.1) is 0 Å². The number of unbranched alkanes of at least 4 members (excludes halogenated alkanes) is 12. The average molecular weight is 383 g/mol. The van der Waals surface area contributed by atoms with Gasteiger partial charge in [0.25, 0.3) is 0 Å². The molecule has 0 spiro atoms. The molecule has 27 heavy (non-hydrogen) atoms. The van der Waals surface area contributed by atoms with Crippen LogP contribution in [-0.2, 0) is 19.1 Å². The SMILES string of the molecule is CCCCCCCCCC(=O)OC=CCOC(=O)CCCCCCCCC. The fourth-order valence-electron chi connectivity index (χ4n) is 2.89. The third-order valence-corrected chi connectivity index (χ3v) is 4.61. The van der Waals surface area contributed by atoms with Crippen molar-refractivity contribution in [2.45, 2.75) is 117 Å². The predicted molar refractivity (Wildman–Crippen MR) is 111 cm³/mol. The van der Waals surface area contributed by atoms with Crippen LogP contribution in [0.5, 0.6) is 0 Å². The molecule has 0 aromatic rings. The number of carbonyl (C=O) groups is 2. The first-order valence-corrected chi connectivity index (χ1v) is 11.2. The first-order chi connectivity index (χ1) is 13.2. The summed E-state index contributed by atoms with van der Waals surface area (Å²) in [5.74, 6) is -0.392. The lowest BCUT2D eigenvalue weighted by atomic mass is 10.1. The van der Waals surface area contributed by atoms with Crippen molar-refractivity contribution in [2.24, 2.45) is 0 Å². The molecule has 0 aromatic heterocycles. The Morgan fingerprint density at radius 2 is 1.07 bits per heavy atom. The Labute approximate surface area is 167 Å². The fraction of sp³-hybridized carbons (Fsp3) is 0.826. The highest BCUT2D eigenvalue weighted by atomic mass is 16.5. The van der Waals surface area contributed by atoms with Gasteiger partial charge in [0.05, 0.1) is 6.26 Å². The van der Waals surface area contributed by atoms with E-state index in [0.717, 1.165) is 25.7 Å². The highest BCUT2D eigenvalue weighted by molar-refractivity contribution is 5.70. The number of ether oxygens (including phenoxy) is 2. The molecule has 0 aliphatic rings. The van der Waals surface area contributed by atoms with Crippen LogP contribution in [0.15, 0.2) is 12.3 Å². The molecule has 0 rings (SSSR count). The van der Waals surface area contributed by atoms with Crippen molar-refractivity contribution >= 4 is 11.9 Å². The van der Waals surface area contributed by atoms with Gasteiger partial charge in [-0.25, -0.2) is 0 Å². The van der Waals surface area contributed by atoms with Crippen LogP contribution in [0.4, 0.5) is 0 Å². The molecule has 0 aromatic carbocycles. The average Bonchev–Trinajstić information content (AvgIpc) is 2.66. The van der Waals surface area contributed by atoms with E-state index in [0.29, 0.717) is 12.8 Å². The molecule has 158 valence electrons. The Bertz CT molecular complexity index is 377. The predicted octanol–water partition coefficient (Wildman–Crippen LogP) is 6.87. The van der Waals surface area contributed by atoms with Gasteiger partial charge in [-0.2, -0.15) is 0 Å². The van der Waals surface area contributed by atoms with E-state index in [1.807, 2.05) is 0 Å². The molecule has 0 saturated heterocycles. The third kappa shape index (κ3) is 20.8. The zero-order valence-electron chi connectivity index (χ0n) is 17.8. The molecule has 0 bridgehead atoms. The molecule has 0 heterocycles. The molecular formula is C23H42O4. The zero-order chi connectivity index (χ0) is 20.0. The second-order valence-corrected chi connectivity index (χ2v) is 7.29. The van der Waals surface area contributed by atoms with Gasteiger partial charge in [0.15, 0.2) is 0 Å². The minimum atomic E-state index is -0.214. The summed E-state index contributed by atoms with van der Waals surface area (Å²) in [6, 6.07) is 0. The lowest BCUT2D eigenvalue weighted by Gasteiger charge is -2.03. The van der Waals surface area contributed by atoms with E-state index in [2.05, 4.69) is 13.8 Å². The second-order valence-electron chi connectivity index (χ2n) is 7.29. The lowest BCUT2D eigenvalue weighted by molar-refractivity contribution is -0.142. The Kier molecular flexibility index (Phi) is 20.0. The molecule has 0 unspecified atom stereocenters. The minimum absolute atomic E-state index is 0.167. The van der Waals surface area contributed by atoms with Crippen molar-refractivity contribution in [1.82, 2.24) is 0 Å². The molecule has 0 aliphatic carbocycles. The van der Waals surface area contributed by atoms with Crippen molar-refractivity contribution in [3.8, 4) is 0 Å². The van der Waals surface area contributed by atoms with Crippen LogP contribution in [0.25, 0.3) is 0 Å². The molecule has 0 amide bonds. The van der Waals surface area contributed by atoms with Crippen LogP contribution in [0.3, 0.4) is 0 Å². The van der Waals surface area contributed by atoms with E-state index < -0.39 is 0 Å². The lowest BCUT2D eigenvalue weighted by Crippen LogP contribution is -2.04. The van der Waals surface area contributed by atoms with Gasteiger partial charge in [0.2, 0.25) is 0 Å². The normalized spacial score (nSPS) is 11.0. The monoisotopic (exact) mass is 382 g/mol. The van der Waals surface area contributed by atoms with E-state index in [1.54, 1.807) is 6.08 Å². The number of rotatable bonds is 19. The van der Waals surface area contributed by atoms with Crippen molar-refractivity contribution in [2.75, 3.05) is 6.61 Å². The molecule has 4 heteroatoms. The van der Waals surface area contributed by atoms with E-state index >= 15 is 0 Å². The molecule has 0 saturated carbocycles. The first kappa shape index (κ1) is 25.7. The number of hydrogen-bond acceptors (Lipinski definition) is 4. The maximum absolute atomic E-state index is 11.6. The van der Waals surface area contributed by atoms with Crippen molar-refractivity contribution in [3.63, 3.8) is 0 Å². The van der Waals surface area contributed by atoms with Crippen LogP contribution < -0.4 is 0 Å². The Morgan fingerprint density at radius 1 is 0.630 bits per heavy atom. The van der Waals surface area contributed by atoms with E-state index in [4.69, 9.17) is 9.47 Å². The summed E-state index contributed by atoms with van der Waals surface area (Å²) >= 11 is 0. The van der Waals surface area contributed by atoms with Crippen LogP contribution in [0.2, 0.25) is 0 Å². The van der Waals surface area contributed by atoms with Gasteiger partial charge in [-0.05, 0) is 18.9 Å². The minimum Gasteiger partial charge on any atom is -0.461 e. The van der Waals surface area contributed by atoms with Crippen LogP contribution >= 0.6 is 0 Å². The third-order valence-electron chi connectivity index (χ3n) is 4.61. The van der Waals surface area contributed by atoms with Crippen LogP contribution in [-0.4, -0.2) is 18.5 Å². The summed E-state index contributed by atoms with van der Waals surface area (Å²) in [5, 5.41) is 0. The second kappa shape index (κ2) is 21.0. The highest BCUT2D eigenvalue weighted by Crippen LogP contribution is 2.10. The van der Waals surface area contributed by atoms with E-state index in [-0.39, 0.29) is 18.5 Å². The summed E-state index contributed by atoms with van der Waals surface area (Å²) in [4.78, 5) is 23.1. The standard InChI is InChI=1S/C23H42O4/c1-3-5-7-9-11-13-15-18-22(24)26-20-17-21-27-23(25)19-16-14-12-10-8-6-4-2/h17,20H,3-16,18-19,21H2,1-2H3. The van der Waals surface area contributed by atoms with Gasteiger partial charge >= 0.3 is 11.9 Å². The Hall–Kier alpha value is -1.32.